The molecule has 0 spiro atoms. The number of esters is 2. The summed E-state index contributed by atoms with van der Waals surface area (Å²) in [6.45, 7) is 31.8. The fourth-order valence-electron chi connectivity index (χ4n) is 22.9. The van der Waals surface area contributed by atoms with Gasteiger partial charge in [-0.15, -0.1) is 58.4 Å². The number of amidine groups is 1. The molecule has 0 aliphatic carbocycles. The Kier molecular flexibility index (Phi) is 35.0. The van der Waals surface area contributed by atoms with Crippen molar-refractivity contribution in [2.45, 2.75) is 252 Å². The van der Waals surface area contributed by atoms with Gasteiger partial charge in [0.2, 0.25) is 54.5 Å². The zero-order valence-corrected chi connectivity index (χ0v) is 90.8. The number of thioether (sulfide) groups is 6. The fourth-order valence-corrected chi connectivity index (χ4v) is 32.0. The second kappa shape index (κ2) is 46.0. The van der Waals surface area contributed by atoms with Crippen LogP contribution in [0.4, 0.5) is 0 Å². The van der Waals surface area contributed by atoms with Gasteiger partial charge in [0, 0.05) is 145 Å². The summed E-state index contributed by atoms with van der Waals surface area (Å²) in [4.78, 5) is 193. The molecular formula is C96H134N20O25S7. The third-order valence-electron chi connectivity index (χ3n) is 30.3. The average Bonchev–Trinajstić information content (AvgIpc) is 1.56. The number of hydrogen-bond donors (Lipinski definition) is 15. The van der Waals surface area contributed by atoms with E-state index in [0.29, 0.717) is 71.1 Å². The fraction of sp³-hybridized carbons (Fsp3) is 0.667. The Labute approximate surface area is 885 Å². The molecule has 0 bridgehead atoms. The minimum atomic E-state index is -1.32. The monoisotopic (exact) mass is 2190 g/mol. The number of aromatic nitrogens is 4. The summed E-state index contributed by atoms with van der Waals surface area (Å²) in [6.07, 6.45) is 3.74. The van der Waals surface area contributed by atoms with Crippen molar-refractivity contribution in [1.82, 2.24) is 75.1 Å². The number of thiazole rings is 1. The predicted molar refractivity (Wildman–Crippen MR) is 548 cm³/mol. The van der Waals surface area contributed by atoms with Crippen LogP contribution in [0.1, 0.15) is 128 Å². The van der Waals surface area contributed by atoms with Crippen molar-refractivity contribution in [3.05, 3.63) is 82.8 Å². The molecule has 2 aromatic heterocycles. The highest BCUT2D eigenvalue weighted by molar-refractivity contribution is 8.14. The SMILES string of the molecule is CNCC[C@@H](O)[C@@H]1C[C@H](SC2=C(C(=O)O)N3C(=O)[C@H]([C@@H](C)O)[C@H]3[C@H]2C)CN1.C[C@@H](O)[C@H]1C(=O)N2C(C(=O)O)=C(SC3C[C@@H](C(=O)N4CC[C@H](NC(=O)CN=C(N)N)C4)N(C)C3)[C@H](C)[C@H]12.C[C@@H](O)[C@H]1C(=O)N2C(C(=O)OCOC(=O)C(C)(C)C)=C(SC3CN(C4=NCCS4)C3)[C@H](C)[C@H]12.C[C@@H](O)[C@H]1C(=O)N2C(C(=O)[O-])=C(SC3Cn4cnc[n+]4C3)[C@H](C)[C@H]12.C[C@H]1C=C(c2csc(SC3=C(C(=O)O)N4C(=O)[C@H]([C@@H](C)O)[C@H]4[C@H]3C)n2)CN1. The summed E-state index contributed by atoms with van der Waals surface area (Å²) in [7, 11) is 3.72. The Balaban J connectivity index is 0.000000140. The van der Waals surface area contributed by atoms with Crippen molar-refractivity contribution < 1.29 is 128 Å². The van der Waals surface area contributed by atoms with Gasteiger partial charge in [-0.05, 0) is 119 Å². The first-order valence-corrected chi connectivity index (χ1v) is 56.1. The number of amides is 7. The number of likely N-dealkylation sites (N-methyl/N-ethyl adjacent to an activating group) is 1. The van der Waals surface area contributed by atoms with E-state index in [1.54, 1.807) is 96.5 Å². The average molecular weight is 2190 g/mol. The highest BCUT2D eigenvalue weighted by atomic mass is 32.2. The number of aliphatic hydroxyl groups excluding tert-OH is 6. The summed E-state index contributed by atoms with van der Waals surface area (Å²) in [5.74, 6) is -10.4. The third kappa shape index (κ3) is 22.2. The van der Waals surface area contributed by atoms with Gasteiger partial charge in [-0.2, -0.15) is 9.36 Å². The lowest BCUT2D eigenvalue weighted by Gasteiger charge is -2.47. The number of guanidine groups is 1. The van der Waals surface area contributed by atoms with Gasteiger partial charge in [0.15, 0.2) is 15.5 Å². The number of hydrogen-bond acceptors (Lipinski definition) is 38. The van der Waals surface area contributed by atoms with Crippen LogP contribution in [0.25, 0.3) is 5.57 Å². The third-order valence-corrected chi connectivity index (χ3v) is 39.5. The van der Waals surface area contributed by atoms with E-state index < -0.39 is 114 Å². The number of aliphatic carboxylic acids is 4. The predicted octanol–water partition coefficient (Wildman–Crippen LogP) is -0.955. The van der Waals surface area contributed by atoms with Gasteiger partial charge in [0.25, 0.3) is 0 Å². The van der Waals surface area contributed by atoms with Crippen LogP contribution in [0.3, 0.4) is 0 Å². The molecular weight excluding hydrogens is 2060 g/mol. The molecule has 0 radical (unpaired) electrons. The highest BCUT2D eigenvalue weighted by Crippen LogP contribution is 2.59. The number of β-lactam (4-membered cyclic amide) rings is 5. The Hall–Kier alpha value is -9.24. The largest absolute Gasteiger partial charge is 0.543 e. The Morgan fingerprint density at radius 3 is 1.59 bits per heavy atom. The standard InChI is InChI=1S/C23H35N7O6S.C22H31N3O6S2.C18H29N3O5S.C18H21N3O4S2.C15H18N4O4S/c1-10-17-16(11(2)31)21(34)30(17)18(22(35)36)19(10)37-13-6-14(28(3)9-13)20(33)29-5-4-12(8-29)27-15(32)7-26-23(24)25;1-11-15-14(12(2)26)18(27)25(15)16(19(28)30-10-31-20(29)22(3,4)5)17(11)33-13-8-24(9-13)21-23-6-7-32-21;1-8-14-13(9(2)22)17(24)21(14)15(18(25)26)16(8)27-10-6-11(20-7-10)12(23)4-5-19-3;1-7-4-10(5-19-7)11-6-26-18(20-11)27-15-8(2)13-12(9(3)22)16(23)21(13)14(15)17(24)25;1-7-11-10(8(2)20)14(21)19(11)12(15(22)23)13(7)24-9-3-17-5-16-6-18(17)4-9/h10-14,16-17,31H,4-9H2,1-3H3,(H,27,32)(H,35,36)(H4,24,25,26);11-15,26H,6-10H2,1-5H3;8-14,19-20,22-23H,4-7H2,1-3H3,(H,25,26);4,6-9,12-13,19,22H,5H2,1-3H3,(H,24,25);5-11,20H,3-4H2,1-2H3/t10-,11-,12+,13?,14+,16-,17-;11-,12-,14-,15-;8-,9-,10+,11+,12-,13-,14-;7-,8+,9+,12+,13+;7-,8-,10-,11-/m11101/s1. The molecule has 2 aromatic rings. The first kappa shape index (κ1) is 113. The number of aliphatic hydroxyl groups is 6. The lowest BCUT2D eigenvalue weighted by Crippen LogP contribution is -2.64. The number of fused-ring (bicyclic) bond motifs is 6. The van der Waals surface area contributed by atoms with Crippen molar-refractivity contribution >= 4 is 176 Å². The molecule has 17 aliphatic heterocycles. The van der Waals surface area contributed by atoms with Crippen LogP contribution in [0.2, 0.25) is 0 Å². The molecule has 9 fully saturated rings. The van der Waals surface area contributed by atoms with Crippen molar-refractivity contribution in [2.75, 3.05) is 92.1 Å². The molecule has 45 nitrogen and oxygen atoms in total. The van der Waals surface area contributed by atoms with E-state index in [1.807, 2.05) is 68.4 Å². The number of rotatable bonds is 31. The molecule has 17 N–H and O–H groups in total. The smallest absolute Gasteiger partial charge is 0.358 e. The molecule has 52 heteroatoms. The molecule has 148 heavy (non-hydrogen) atoms. The molecule has 0 saturated carbocycles. The summed E-state index contributed by atoms with van der Waals surface area (Å²) < 4.78 is 15.1. The maximum Gasteiger partial charge on any atom is 0.358 e. The number of carbonyl (C=O) groups is 13. The van der Waals surface area contributed by atoms with Crippen LogP contribution >= 0.6 is 81.9 Å². The van der Waals surface area contributed by atoms with Gasteiger partial charge >= 0.3 is 36.2 Å². The summed E-state index contributed by atoms with van der Waals surface area (Å²) in [6, 6.07) is -1.72. The maximum atomic E-state index is 13.3. The molecule has 810 valence electrons. The number of carboxylic acids is 4. The molecule has 0 aromatic carbocycles. The molecule has 19 heterocycles. The van der Waals surface area contributed by atoms with E-state index in [0.717, 1.165) is 83.7 Å². The lowest BCUT2D eigenvalue weighted by molar-refractivity contribution is -0.758. The van der Waals surface area contributed by atoms with Crippen LogP contribution in [0.5, 0.6) is 0 Å². The minimum absolute atomic E-state index is 0.000632. The first-order chi connectivity index (χ1) is 69.9. The number of nitrogens with one attached hydrogen (secondary N) is 4. The minimum Gasteiger partial charge on any atom is -0.543 e. The van der Waals surface area contributed by atoms with Crippen molar-refractivity contribution in [1.29, 1.82) is 0 Å². The van der Waals surface area contributed by atoms with E-state index in [2.05, 4.69) is 59.1 Å². The van der Waals surface area contributed by atoms with Crippen LogP contribution in [0.15, 0.2) is 91.4 Å². The summed E-state index contributed by atoms with van der Waals surface area (Å²) >= 11 is 10.6. The first-order valence-electron chi connectivity index (χ1n) is 49.9. The maximum absolute atomic E-state index is 13.3. The second-order valence-electron chi connectivity index (χ2n) is 41.7. The van der Waals surface area contributed by atoms with Gasteiger partial charge < -0.3 is 132 Å². The number of nitrogens with two attached hydrogens (primary N) is 2. The summed E-state index contributed by atoms with van der Waals surface area (Å²) in [5.41, 5.74) is 12.2. The number of carbonyl (C=O) groups excluding carboxylic acids is 10. The quantitative estimate of drug-likeness (QED) is 0.0108. The van der Waals surface area contributed by atoms with E-state index in [9.17, 15) is 113 Å². The number of ether oxygens (including phenoxy) is 2. The van der Waals surface area contributed by atoms with Gasteiger partial charge in [0.05, 0.1) is 144 Å². The molecule has 19 rings (SSSR count). The topological polar surface area (TPSA) is 631 Å². The van der Waals surface area contributed by atoms with Gasteiger partial charge in [-0.1, -0.05) is 64.2 Å². The van der Waals surface area contributed by atoms with Crippen LogP contribution < -0.4 is 42.5 Å². The highest BCUT2D eigenvalue weighted by Gasteiger charge is 2.66. The summed E-state index contributed by atoms with van der Waals surface area (Å²) in [5, 5.41) is 117. The van der Waals surface area contributed by atoms with Crippen molar-refractivity contribution in [3.63, 3.8) is 0 Å². The number of aliphatic imine (C=N–C) groups is 2. The van der Waals surface area contributed by atoms with E-state index in [-0.39, 0.29) is 181 Å². The van der Waals surface area contributed by atoms with E-state index >= 15 is 0 Å². The Morgan fingerprint density at radius 1 is 0.628 bits per heavy atom. The zero-order chi connectivity index (χ0) is 108. The number of carboxylic acid groups (broad SMARTS) is 4. The second-order valence-corrected chi connectivity index (χ2v) is 50.3. The molecule has 17 aliphatic rings. The normalized spacial score (nSPS) is 31.7. The van der Waals surface area contributed by atoms with Crippen molar-refractivity contribution in [2.24, 2.45) is 86.0 Å². The van der Waals surface area contributed by atoms with Crippen LogP contribution in [-0.4, -0.2) is 392 Å². The molecule has 7 amide bonds. The Bertz CT molecular complexity index is 5790. The van der Waals surface area contributed by atoms with Gasteiger partial charge in [-0.25, -0.2) is 29.2 Å². The Morgan fingerprint density at radius 2 is 1.11 bits per heavy atom. The lowest BCUT2D eigenvalue weighted by atomic mass is 9.79. The van der Waals surface area contributed by atoms with Crippen molar-refractivity contribution in [3.8, 4) is 0 Å². The van der Waals surface area contributed by atoms with E-state index in [4.69, 9.17) is 20.9 Å². The number of likely N-dealkylation sites (tertiary alicyclic amines) is 3. The van der Waals surface area contributed by atoms with E-state index in [1.165, 1.54) is 82.9 Å². The molecule has 9 saturated heterocycles. The molecule has 1 unspecified atom stereocenters. The van der Waals surface area contributed by atoms with Gasteiger partial charge in [0.1, 0.15) is 35.9 Å². The van der Waals surface area contributed by atoms with Crippen LogP contribution in [0, 0.1) is 64.6 Å². The number of nitrogens with zero attached hydrogens (tertiary/aromatic N) is 14. The zero-order valence-electron chi connectivity index (χ0n) is 85.1. The van der Waals surface area contributed by atoms with Gasteiger partial charge in [-0.3, -0.25) is 48.2 Å². The van der Waals surface area contributed by atoms with Crippen LogP contribution in [-0.2, 0) is 84.9 Å². The molecule has 27 atom stereocenters.